The van der Waals surface area contributed by atoms with Crippen LogP contribution in [0.1, 0.15) is 31.3 Å². The molecule has 0 spiro atoms. The number of ether oxygens (including phenoxy) is 2. The standard InChI is InChI=1S/C15H14O4/c1-9-16-14-11-7-3-5-10-6-4-8-12(13(10)11)15(2,17-14)19-18-9/h3-9,14H,1-2H3/t9?,14-,15-/m0/s1. The van der Waals surface area contributed by atoms with Crippen LogP contribution < -0.4 is 0 Å². The Labute approximate surface area is 110 Å². The summed E-state index contributed by atoms with van der Waals surface area (Å²) in [7, 11) is 0. The molecule has 98 valence electrons. The van der Waals surface area contributed by atoms with E-state index in [-0.39, 0.29) is 0 Å². The van der Waals surface area contributed by atoms with Crippen molar-refractivity contribution >= 4 is 10.8 Å². The molecule has 2 aliphatic rings. The van der Waals surface area contributed by atoms with Gasteiger partial charge >= 0.3 is 0 Å². The van der Waals surface area contributed by atoms with Crippen LogP contribution in [0, 0.1) is 0 Å². The number of benzene rings is 2. The Morgan fingerprint density at radius 2 is 1.89 bits per heavy atom. The van der Waals surface area contributed by atoms with E-state index in [0.29, 0.717) is 0 Å². The Balaban J connectivity index is 2.07. The lowest BCUT2D eigenvalue weighted by Gasteiger charge is -2.35. The van der Waals surface area contributed by atoms with Crippen molar-refractivity contribution in [2.75, 3.05) is 0 Å². The molecule has 4 rings (SSSR count). The van der Waals surface area contributed by atoms with Crippen LogP contribution in [0.15, 0.2) is 36.4 Å². The number of fused-ring (bicyclic) bond motifs is 4. The second-order valence-corrected chi connectivity index (χ2v) is 5.03. The van der Waals surface area contributed by atoms with Gasteiger partial charge in [0.15, 0.2) is 12.6 Å². The minimum atomic E-state index is -0.941. The third-order valence-corrected chi connectivity index (χ3v) is 3.67. The van der Waals surface area contributed by atoms with E-state index >= 15 is 0 Å². The van der Waals surface area contributed by atoms with Gasteiger partial charge in [0.2, 0.25) is 5.79 Å². The molecule has 19 heavy (non-hydrogen) atoms. The van der Waals surface area contributed by atoms with Crippen molar-refractivity contribution in [3.8, 4) is 0 Å². The first-order valence-corrected chi connectivity index (χ1v) is 6.37. The van der Waals surface area contributed by atoms with Crippen molar-refractivity contribution in [2.45, 2.75) is 32.2 Å². The van der Waals surface area contributed by atoms with Crippen LogP contribution in [0.2, 0.25) is 0 Å². The predicted octanol–water partition coefficient (Wildman–Crippen LogP) is 3.37. The summed E-state index contributed by atoms with van der Waals surface area (Å²) in [6.45, 7) is 3.64. The zero-order valence-corrected chi connectivity index (χ0v) is 10.8. The van der Waals surface area contributed by atoms with E-state index in [4.69, 9.17) is 19.2 Å². The summed E-state index contributed by atoms with van der Waals surface area (Å²) in [6.07, 6.45) is -0.947. The molecule has 3 atom stereocenters. The number of hydrogen-bond donors (Lipinski definition) is 0. The maximum Gasteiger partial charge on any atom is 0.228 e. The highest BCUT2D eigenvalue weighted by molar-refractivity contribution is 5.90. The van der Waals surface area contributed by atoms with E-state index in [1.54, 1.807) is 6.92 Å². The van der Waals surface area contributed by atoms with Gasteiger partial charge < -0.3 is 9.47 Å². The summed E-state index contributed by atoms with van der Waals surface area (Å²) >= 11 is 0. The topological polar surface area (TPSA) is 36.9 Å². The van der Waals surface area contributed by atoms with E-state index in [1.807, 2.05) is 31.2 Å². The fourth-order valence-electron chi connectivity index (χ4n) is 2.80. The third-order valence-electron chi connectivity index (χ3n) is 3.67. The lowest BCUT2D eigenvalue weighted by molar-refractivity contribution is -0.438. The van der Waals surface area contributed by atoms with Gasteiger partial charge in [-0.25, -0.2) is 4.89 Å². The lowest BCUT2D eigenvalue weighted by Crippen LogP contribution is -2.33. The van der Waals surface area contributed by atoms with Crippen LogP contribution in [0.5, 0.6) is 0 Å². The van der Waals surface area contributed by atoms with Crippen LogP contribution >= 0.6 is 0 Å². The van der Waals surface area contributed by atoms with E-state index in [0.717, 1.165) is 21.9 Å². The van der Waals surface area contributed by atoms with Gasteiger partial charge in [-0.3, -0.25) is 0 Å². The molecule has 2 aromatic carbocycles. The van der Waals surface area contributed by atoms with Crippen LogP contribution in [-0.2, 0) is 25.0 Å². The Bertz CT molecular complexity index is 648. The fraction of sp³-hybridized carbons (Fsp3) is 0.333. The summed E-state index contributed by atoms with van der Waals surface area (Å²) < 4.78 is 11.7. The van der Waals surface area contributed by atoms with Gasteiger partial charge in [0.25, 0.3) is 0 Å². The van der Waals surface area contributed by atoms with E-state index in [1.165, 1.54) is 0 Å². The van der Waals surface area contributed by atoms with Crippen LogP contribution in [-0.4, -0.2) is 6.29 Å². The third kappa shape index (κ3) is 1.55. The quantitative estimate of drug-likeness (QED) is 0.679. The molecule has 1 fully saturated rings. The van der Waals surface area contributed by atoms with Gasteiger partial charge in [0, 0.05) is 11.1 Å². The van der Waals surface area contributed by atoms with Crippen LogP contribution in [0.3, 0.4) is 0 Å². The summed E-state index contributed by atoms with van der Waals surface area (Å²) in [5, 5.41) is 2.28. The predicted molar refractivity (Wildman–Crippen MR) is 67.8 cm³/mol. The monoisotopic (exact) mass is 258 g/mol. The molecule has 2 aliphatic heterocycles. The first kappa shape index (κ1) is 11.4. The average Bonchev–Trinajstić information content (AvgIpc) is 2.55. The molecular formula is C15H14O4. The van der Waals surface area contributed by atoms with Crippen LogP contribution in [0.25, 0.3) is 10.8 Å². The van der Waals surface area contributed by atoms with Gasteiger partial charge in [-0.15, -0.1) is 0 Å². The minimum Gasteiger partial charge on any atom is -0.316 e. The Kier molecular flexibility index (Phi) is 2.26. The molecule has 1 saturated heterocycles. The highest BCUT2D eigenvalue weighted by atomic mass is 17.3. The van der Waals surface area contributed by atoms with E-state index in [2.05, 4.69) is 12.1 Å². The molecule has 2 bridgehead atoms. The summed E-state index contributed by atoms with van der Waals surface area (Å²) in [6, 6.07) is 12.2. The molecule has 1 unspecified atom stereocenters. The smallest absolute Gasteiger partial charge is 0.228 e. The maximum atomic E-state index is 5.95. The van der Waals surface area contributed by atoms with Crippen molar-refractivity contribution in [1.29, 1.82) is 0 Å². The summed E-state index contributed by atoms with van der Waals surface area (Å²) in [4.78, 5) is 10.7. The summed E-state index contributed by atoms with van der Waals surface area (Å²) in [5.41, 5.74) is 1.99. The highest BCUT2D eigenvalue weighted by Crippen LogP contribution is 2.47. The average molecular weight is 258 g/mol. The minimum absolute atomic E-state index is 0.471. The molecule has 0 aromatic heterocycles. The molecule has 0 N–H and O–H groups in total. The Hall–Kier alpha value is -1.46. The molecule has 2 heterocycles. The SMILES string of the molecule is CC1OO[C@]2(C)O[C@H](O1)c1cccc3cccc2c13. The normalized spacial score (nSPS) is 33.2. The molecule has 0 amide bonds. The van der Waals surface area contributed by atoms with Crippen molar-refractivity contribution < 1.29 is 19.2 Å². The van der Waals surface area contributed by atoms with Gasteiger partial charge in [-0.1, -0.05) is 36.4 Å². The van der Waals surface area contributed by atoms with Crippen molar-refractivity contribution in [1.82, 2.24) is 0 Å². The number of rotatable bonds is 0. The van der Waals surface area contributed by atoms with Gasteiger partial charge in [0.1, 0.15) is 0 Å². The molecular weight excluding hydrogens is 244 g/mol. The second-order valence-electron chi connectivity index (χ2n) is 5.03. The zero-order chi connectivity index (χ0) is 13.0. The molecule has 4 heteroatoms. The lowest BCUT2D eigenvalue weighted by atomic mass is 9.92. The second kappa shape index (κ2) is 3.77. The Morgan fingerprint density at radius 3 is 2.74 bits per heavy atom. The molecule has 2 aromatic rings. The number of hydrogen-bond acceptors (Lipinski definition) is 4. The van der Waals surface area contributed by atoms with Crippen molar-refractivity contribution in [3.05, 3.63) is 47.5 Å². The van der Waals surface area contributed by atoms with E-state index in [9.17, 15) is 0 Å². The molecule has 0 radical (unpaired) electrons. The first-order chi connectivity index (χ1) is 9.17. The van der Waals surface area contributed by atoms with Crippen molar-refractivity contribution in [2.24, 2.45) is 0 Å². The largest absolute Gasteiger partial charge is 0.316 e. The van der Waals surface area contributed by atoms with Gasteiger partial charge in [-0.2, -0.15) is 4.89 Å². The molecule has 0 aliphatic carbocycles. The van der Waals surface area contributed by atoms with E-state index < -0.39 is 18.4 Å². The summed E-state index contributed by atoms with van der Waals surface area (Å²) in [5.74, 6) is -0.941. The maximum absolute atomic E-state index is 5.95. The fourth-order valence-corrected chi connectivity index (χ4v) is 2.80. The Morgan fingerprint density at radius 1 is 1.11 bits per heavy atom. The van der Waals surface area contributed by atoms with Gasteiger partial charge in [0.05, 0.1) is 0 Å². The van der Waals surface area contributed by atoms with Crippen molar-refractivity contribution in [3.63, 3.8) is 0 Å². The highest BCUT2D eigenvalue weighted by Gasteiger charge is 2.44. The zero-order valence-electron chi connectivity index (χ0n) is 10.8. The molecule has 4 nitrogen and oxygen atoms in total. The first-order valence-electron chi connectivity index (χ1n) is 6.37. The van der Waals surface area contributed by atoms with Crippen LogP contribution in [0.4, 0.5) is 0 Å². The van der Waals surface area contributed by atoms with Gasteiger partial charge in [-0.05, 0) is 24.6 Å². The molecule has 0 saturated carbocycles.